The van der Waals surface area contributed by atoms with Gasteiger partial charge >= 0.3 is 5.97 Å². The van der Waals surface area contributed by atoms with Gasteiger partial charge in [-0.15, -0.1) is 12.4 Å². The highest BCUT2D eigenvalue weighted by Gasteiger charge is 2.36. The lowest BCUT2D eigenvalue weighted by atomic mass is 10.0. The number of aliphatic hydroxyl groups is 1. The van der Waals surface area contributed by atoms with E-state index in [9.17, 15) is 9.90 Å². The number of esters is 1. The zero-order valence-electron chi connectivity index (χ0n) is 13.8. The van der Waals surface area contributed by atoms with Crippen molar-refractivity contribution in [2.24, 2.45) is 0 Å². The fraction of sp³-hybridized carbons (Fsp3) is 0.471. The Balaban J connectivity index is 0.00000208. The topological polar surface area (TPSA) is 68.2 Å². The number of rotatable bonds is 3. The lowest BCUT2D eigenvalue weighted by molar-refractivity contribution is -0.137. The van der Waals surface area contributed by atoms with E-state index < -0.39 is 11.6 Å². The summed E-state index contributed by atoms with van der Waals surface area (Å²) in [4.78, 5) is 13.8. The van der Waals surface area contributed by atoms with Crippen LogP contribution in [0, 0.1) is 0 Å². The maximum atomic E-state index is 11.7. The van der Waals surface area contributed by atoms with E-state index in [4.69, 9.17) is 14.2 Å². The van der Waals surface area contributed by atoms with Crippen LogP contribution in [0.1, 0.15) is 13.3 Å². The molecular weight excluding hydrogens is 334 g/mol. The number of methoxy groups -OCH3 is 1. The Morgan fingerprint density at radius 1 is 1.38 bits per heavy atom. The predicted octanol–water partition coefficient (Wildman–Crippen LogP) is 2.33. The minimum absolute atomic E-state index is 0. The van der Waals surface area contributed by atoms with Crippen molar-refractivity contribution < 1.29 is 24.1 Å². The van der Waals surface area contributed by atoms with Gasteiger partial charge in [0.25, 0.3) is 0 Å². The first-order valence-corrected chi connectivity index (χ1v) is 7.63. The first-order valence-electron chi connectivity index (χ1n) is 7.63. The van der Waals surface area contributed by atoms with E-state index >= 15 is 0 Å². The Hall–Kier alpha value is -1.92. The maximum absolute atomic E-state index is 11.7. The molecule has 0 aromatic heterocycles. The van der Waals surface area contributed by atoms with E-state index in [1.54, 1.807) is 0 Å². The van der Waals surface area contributed by atoms with Crippen molar-refractivity contribution in [3.8, 4) is 11.5 Å². The number of hydrogen-bond acceptors (Lipinski definition) is 6. The molecule has 1 atom stereocenters. The van der Waals surface area contributed by atoms with Gasteiger partial charge in [-0.25, -0.2) is 4.79 Å². The van der Waals surface area contributed by atoms with Gasteiger partial charge in [0.05, 0.1) is 12.7 Å². The molecule has 0 aliphatic carbocycles. The Bertz CT molecular complexity index is 648. The van der Waals surface area contributed by atoms with Crippen LogP contribution in [0.2, 0.25) is 0 Å². The molecule has 0 radical (unpaired) electrons. The number of hydrogen-bond donors (Lipinski definition) is 1. The molecule has 0 amide bonds. The van der Waals surface area contributed by atoms with Crippen LogP contribution >= 0.6 is 12.4 Å². The van der Waals surface area contributed by atoms with Crippen molar-refractivity contribution in [1.29, 1.82) is 0 Å². The van der Waals surface area contributed by atoms with Gasteiger partial charge in [0, 0.05) is 26.1 Å². The van der Waals surface area contributed by atoms with E-state index in [2.05, 4.69) is 4.90 Å². The van der Waals surface area contributed by atoms with Crippen LogP contribution in [-0.2, 0) is 9.53 Å². The molecule has 2 heterocycles. The number of para-hydroxylation sites is 2. The smallest absolute Gasteiger partial charge is 0.338 e. The molecule has 1 aromatic carbocycles. The highest BCUT2D eigenvalue weighted by molar-refractivity contribution is 5.89. The SMILES string of the molecule is COC(=O)C1=C(O)CCN(CC2(C)COc3ccccc3O2)C1.Cl. The minimum Gasteiger partial charge on any atom is -0.512 e. The second-order valence-corrected chi connectivity index (χ2v) is 6.16. The van der Waals surface area contributed by atoms with Gasteiger partial charge in [-0.3, -0.25) is 4.90 Å². The third-order valence-corrected chi connectivity index (χ3v) is 4.12. The van der Waals surface area contributed by atoms with Crippen LogP contribution in [0.15, 0.2) is 35.6 Å². The summed E-state index contributed by atoms with van der Waals surface area (Å²) in [6.07, 6.45) is 0.429. The monoisotopic (exact) mass is 355 g/mol. The molecule has 132 valence electrons. The number of carbonyl (C=O) groups is 1. The maximum Gasteiger partial charge on any atom is 0.338 e. The second-order valence-electron chi connectivity index (χ2n) is 6.16. The minimum atomic E-state index is -0.511. The lowest BCUT2D eigenvalue weighted by Gasteiger charge is -2.40. The number of halogens is 1. The number of carbonyl (C=O) groups excluding carboxylic acids is 1. The van der Waals surface area contributed by atoms with Gasteiger partial charge in [0.2, 0.25) is 0 Å². The van der Waals surface area contributed by atoms with Crippen LogP contribution in [0.5, 0.6) is 11.5 Å². The Morgan fingerprint density at radius 3 is 2.79 bits per heavy atom. The van der Waals surface area contributed by atoms with E-state index in [0.29, 0.717) is 38.2 Å². The molecular formula is C17H22ClNO5. The molecule has 3 rings (SSSR count). The van der Waals surface area contributed by atoms with Crippen molar-refractivity contribution in [2.75, 3.05) is 33.4 Å². The molecule has 2 aliphatic rings. The van der Waals surface area contributed by atoms with E-state index in [-0.39, 0.29) is 18.2 Å². The molecule has 0 saturated carbocycles. The van der Waals surface area contributed by atoms with Gasteiger partial charge in [-0.2, -0.15) is 0 Å². The average molecular weight is 356 g/mol. The molecule has 24 heavy (non-hydrogen) atoms. The third-order valence-electron chi connectivity index (χ3n) is 4.12. The number of aliphatic hydroxyl groups excluding tert-OH is 1. The molecule has 0 bridgehead atoms. The summed E-state index contributed by atoms with van der Waals surface area (Å²) in [5.41, 5.74) is -0.192. The van der Waals surface area contributed by atoms with Crippen LogP contribution in [0.3, 0.4) is 0 Å². The van der Waals surface area contributed by atoms with Gasteiger partial charge in [0.1, 0.15) is 12.4 Å². The molecule has 0 saturated heterocycles. The van der Waals surface area contributed by atoms with Crippen molar-refractivity contribution >= 4 is 18.4 Å². The van der Waals surface area contributed by atoms with Crippen LogP contribution < -0.4 is 9.47 Å². The number of fused-ring (bicyclic) bond motifs is 1. The van der Waals surface area contributed by atoms with Gasteiger partial charge in [0.15, 0.2) is 17.1 Å². The first-order chi connectivity index (χ1) is 11.0. The standard InChI is InChI=1S/C17H21NO5.ClH/c1-17(11-22-14-5-3-4-6-15(14)23-17)10-18-8-7-13(19)12(9-18)16(20)21-2;/h3-6,19H,7-11H2,1-2H3;1H. The Kier molecular flexibility index (Phi) is 5.62. The molecule has 1 unspecified atom stereocenters. The average Bonchev–Trinajstić information content (AvgIpc) is 2.55. The highest BCUT2D eigenvalue weighted by atomic mass is 35.5. The van der Waals surface area contributed by atoms with Gasteiger partial charge in [-0.1, -0.05) is 12.1 Å². The molecule has 1 N–H and O–H groups in total. The molecule has 2 aliphatic heterocycles. The summed E-state index contributed by atoms with van der Waals surface area (Å²) in [5.74, 6) is 1.11. The quantitative estimate of drug-likeness (QED) is 0.839. The predicted molar refractivity (Wildman–Crippen MR) is 90.9 cm³/mol. The summed E-state index contributed by atoms with van der Waals surface area (Å²) < 4.78 is 16.6. The fourth-order valence-corrected chi connectivity index (χ4v) is 2.98. The third kappa shape index (κ3) is 3.76. The van der Waals surface area contributed by atoms with Crippen molar-refractivity contribution in [3.63, 3.8) is 0 Å². The van der Waals surface area contributed by atoms with E-state index in [0.717, 1.165) is 11.5 Å². The van der Waals surface area contributed by atoms with Crippen LogP contribution in [0.25, 0.3) is 0 Å². The first kappa shape index (κ1) is 18.4. The van der Waals surface area contributed by atoms with Crippen LogP contribution in [-0.4, -0.2) is 54.9 Å². The Labute approximate surface area is 147 Å². The van der Waals surface area contributed by atoms with E-state index in [1.807, 2.05) is 31.2 Å². The summed E-state index contributed by atoms with van der Waals surface area (Å²) >= 11 is 0. The van der Waals surface area contributed by atoms with E-state index in [1.165, 1.54) is 7.11 Å². The summed E-state index contributed by atoms with van der Waals surface area (Å²) in [7, 11) is 1.32. The largest absolute Gasteiger partial charge is 0.512 e. The summed E-state index contributed by atoms with van der Waals surface area (Å²) in [6.45, 7) is 4.02. The number of nitrogens with zero attached hydrogens (tertiary/aromatic N) is 1. The number of benzene rings is 1. The summed E-state index contributed by atoms with van der Waals surface area (Å²) in [6, 6.07) is 7.58. The van der Waals surface area contributed by atoms with Gasteiger partial charge in [-0.05, 0) is 19.1 Å². The normalized spacial score (nSPS) is 23.4. The van der Waals surface area contributed by atoms with Crippen molar-refractivity contribution in [1.82, 2.24) is 4.90 Å². The van der Waals surface area contributed by atoms with Crippen molar-refractivity contribution in [3.05, 3.63) is 35.6 Å². The number of ether oxygens (including phenoxy) is 3. The van der Waals surface area contributed by atoms with Gasteiger partial charge < -0.3 is 19.3 Å². The molecule has 0 spiro atoms. The molecule has 7 heteroatoms. The van der Waals surface area contributed by atoms with Crippen LogP contribution in [0.4, 0.5) is 0 Å². The molecule has 1 aromatic rings. The zero-order valence-corrected chi connectivity index (χ0v) is 14.6. The second kappa shape index (κ2) is 7.32. The Morgan fingerprint density at radius 2 is 2.08 bits per heavy atom. The van der Waals surface area contributed by atoms with Crippen molar-refractivity contribution in [2.45, 2.75) is 18.9 Å². The lowest BCUT2D eigenvalue weighted by Crippen LogP contribution is -2.52. The molecule has 0 fully saturated rings. The zero-order chi connectivity index (χ0) is 16.4. The highest BCUT2D eigenvalue weighted by Crippen LogP contribution is 2.35. The molecule has 6 nitrogen and oxygen atoms in total. The fourth-order valence-electron chi connectivity index (χ4n) is 2.98. The summed E-state index contributed by atoms with van der Waals surface area (Å²) in [5, 5.41) is 9.88.